The van der Waals surface area contributed by atoms with E-state index in [0.29, 0.717) is 30.4 Å². The molecule has 4 atom stereocenters. The van der Waals surface area contributed by atoms with E-state index >= 15 is 0 Å². The topological polar surface area (TPSA) is 61.4 Å². The average Bonchev–Trinajstić information content (AvgIpc) is 3.04. The molecule has 2 amide bonds. The number of fused-ring (bicyclic) bond motifs is 1. The second-order valence-electron chi connectivity index (χ2n) is 7.23. The van der Waals surface area contributed by atoms with Gasteiger partial charge in [-0.1, -0.05) is 18.2 Å². The van der Waals surface area contributed by atoms with Crippen LogP contribution >= 0.6 is 0 Å². The number of nitrogens with zero attached hydrogens (tertiary/aromatic N) is 1. The van der Waals surface area contributed by atoms with Crippen molar-refractivity contribution in [2.24, 2.45) is 17.8 Å². The average molecular weight is 343 g/mol. The summed E-state index contributed by atoms with van der Waals surface area (Å²) in [5.74, 6) is 0.740. The first-order valence-corrected chi connectivity index (χ1v) is 8.77. The summed E-state index contributed by atoms with van der Waals surface area (Å²) < 4.78 is 13.4. The van der Waals surface area contributed by atoms with Crippen LogP contribution in [0.25, 0.3) is 0 Å². The maximum atomic E-state index is 13.4. The van der Waals surface area contributed by atoms with Crippen LogP contribution in [0.1, 0.15) is 13.3 Å². The van der Waals surface area contributed by atoms with E-state index in [0.717, 1.165) is 18.8 Å². The Balaban J connectivity index is 1.32. The van der Waals surface area contributed by atoms with Crippen molar-refractivity contribution in [1.29, 1.82) is 0 Å². The Morgan fingerprint density at radius 1 is 1.24 bits per heavy atom. The molecule has 3 unspecified atom stereocenters. The quantitative estimate of drug-likeness (QED) is 0.815. The van der Waals surface area contributed by atoms with Gasteiger partial charge in [0.15, 0.2) is 0 Å². The first-order valence-electron chi connectivity index (χ1n) is 8.77. The van der Waals surface area contributed by atoms with Gasteiger partial charge in [0.05, 0.1) is 0 Å². The van der Waals surface area contributed by atoms with Crippen molar-refractivity contribution in [2.75, 3.05) is 19.6 Å². The fourth-order valence-electron chi connectivity index (χ4n) is 4.01. The molecule has 5 nitrogen and oxygen atoms in total. The molecule has 2 fully saturated rings. The summed E-state index contributed by atoms with van der Waals surface area (Å²) in [5.41, 5.74) is 1.63. The lowest BCUT2D eigenvalue weighted by Gasteiger charge is -2.24. The standard InChI is InChI=1S/C19H22FN3O2/c1-11(24)23-9-15-16(10-23)18(15)22-19(25)13-5-6-17(21-8-13)12-3-2-4-14(20)7-12/h2-6,12,15-16,18,21H,7-10H2,1H3,(H,22,25)/t12?,15-,16?,18?/m0/s1. The van der Waals surface area contributed by atoms with Crippen molar-refractivity contribution >= 4 is 11.8 Å². The number of dihydropyridines is 1. The van der Waals surface area contributed by atoms with Crippen molar-refractivity contribution in [1.82, 2.24) is 15.5 Å². The van der Waals surface area contributed by atoms with Gasteiger partial charge in [-0.15, -0.1) is 0 Å². The maximum Gasteiger partial charge on any atom is 0.249 e. The number of nitrogens with one attached hydrogen (secondary N) is 2. The first-order chi connectivity index (χ1) is 12.0. The highest BCUT2D eigenvalue weighted by atomic mass is 19.1. The van der Waals surface area contributed by atoms with Gasteiger partial charge in [-0.2, -0.15) is 0 Å². The Hall–Kier alpha value is -2.37. The van der Waals surface area contributed by atoms with Gasteiger partial charge in [-0.05, 0) is 12.2 Å². The van der Waals surface area contributed by atoms with E-state index in [2.05, 4.69) is 10.6 Å². The number of hydrogen-bond acceptors (Lipinski definition) is 3. The maximum absolute atomic E-state index is 13.4. The van der Waals surface area contributed by atoms with E-state index in [1.54, 1.807) is 13.0 Å². The van der Waals surface area contributed by atoms with Crippen molar-refractivity contribution in [3.63, 3.8) is 0 Å². The lowest BCUT2D eigenvalue weighted by molar-refractivity contribution is -0.128. The van der Waals surface area contributed by atoms with Gasteiger partial charge in [0.1, 0.15) is 5.83 Å². The zero-order valence-corrected chi connectivity index (χ0v) is 14.2. The molecule has 0 aromatic carbocycles. The summed E-state index contributed by atoms with van der Waals surface area (Å²) in [6.45, 7) is 3.54. The van der Waals surface area contributed by atoms with E-state index in [1.807, 2.05) is 23.1 Å². The van der Waals surface area contributed by atoms with E-state index in [1.165, 1.54) is 6.08 Å². The Kier molecular flexibility index (Phi) is 3.98. The molecule has 1 saturated carbocycles. The van der Waals surface area contributed by atoms with Gasteiger partial charge < -0.3 is 15.5 Å². The van der Waals surface area contributed by atoms with Crippen molar-refractivity contribution < 1.29 is 14.0 Å². The van der Waals surface area contributed by atoms with E-state index in [-0.39, 0.29) is 29.6 Å². The molecule has 1 saturated heterocycles. The summed E-state index contributed by atoms with van der Waals surface area (Å²) in [6, 6.07) is 0.190. The van der Waals surface area contributed by atoms with Gasteiger partial charge in [0.25, 0.3) is 0 Å². The van der Waals surface area contributed by atoms with Crippen LogP contribution in [0.3, 0.4) is 0 Å². The molecule has 0 radical (unpaired) electrons. The van der Waals surface area contributed by atoms with E-state index in [4.69, 9.17) is 0 Å². The predicted octanol–water partition coefficient (Wildman–Crippen LogP) is 1.42. The molecule has 4 rings (SSSR count). The summed E-state index contributed by atoms with van der Waals surface area (Å²) in [6.07, 6.45) is 9.24. The molecule has 0 aromatic rings. The molecule has 4 aliphatic rings. The number of piperidine rings is 1. The van der Waals surface area contributed by atoms with E-state index < -0.39 is 0 Å². The summed E-state index contributed by atoms with van der Waals surface area (Å²) >= 11 is 0. The molecule has 2 aliphatic heterocycles. The Morgan fingerprint density at radius 2 is 2.00 bits per heavy atom. The van der Waals surface area contributed by atoms with Gasteiger partial charge in [-0.3, -0.25) is 9.59 Å². The second-order valence-corrected chi connectivity index (χ2v) is 7.23. The predicted molar refractivity (Wildman–Crippen MR) is 91.8 cm³/mol. The molecule has 132 valence electrons. The number of rotatable bonds is 3. The highest BCUT2D eigenvalue weighted by Gasteiger charge is 2.57. The molecule has 6 heteroatoms. The number of likely N-dealkylation sites (tertiary alicyclic amines) is 1. The summed E-state index contributed by atoms with van der Waals surface area (Å²) in [4.78, 5) is 25.6. The highest BCUT2D eigenvalue weighted by molar-refractivity contribution is 5.95. The lowest BCUT2D eigenvalue weighted by Crippen LogP contribution is -2.39. The summed E-state index contributed by atoms with van der Waals surface area (Å²) in [5, 5.41) is 6.33. The minimum absolute atomic E-state index is 0.00575. The third-order valence-corrected chi connectivity index (χ3v) is 5.61. The molecule has 2 heterocycles. The number of carbonyl (C=O) groups is 2. The zero-order chi connectivity index (χ0) is 17.6. The molecule has 25 heavy (non-hydrogen) atoms. The minimum Gasteiger partial charge on any atom is -0.384 e. The largest absolute Gasteiger partial charge is 0.384 e. The fourth-order valence-corrected chi connectivity index (χ4v) is 4.01. The lowest BCUT2D eigenvalue weighted by atomic mass is 9.94. The monoisotopic (exact) mass is 343 g/mol. The Bertz CT molecular complexity index is 725. The van der Waals surface area contributed by atoms with E-state index in [9.17, 15) is 14.0 Å². The van der Waals surface area contributed by atoms with Crippen LogP contribution < -0.4 is 10.6 Å². The summed E-state index contributed by atoms with van der Waals surface area (Å²) in [7, 11) is 0. The molecule has 2 aliphatic carbocycles. The number of amides is 2. The highest BCUT2D eigenvalue weighted by Crippen LogP contribution is 2.45. The normalized spacial score (nSPS) is 32.9. The SMILES string of the molecule is CC(=O)N1CC2C(NC(=O)C3=CC=C(C4C=CC=C(F)C4)NC3)[C@H]2C1. The van der Waals surface area contributed by atoms with Crippen molar-refractivity contribution in [3.8, 4) is 0 Å². The van der Waals surface area contributed by atoms with Crippen LogP contribution in [-0.2, 0) is 9.59 Å². The number of allylic oxidation sites excluding steroid dienone is 6. The van der Waals surface area contributed by atoms with Gasteiger partial charge in [0.2, 0.25) is 11.8 Å². The molecule has 0 bridgehead atoms. The Morgan fingerprint density at radius 3 is 2.60 bits per heavy atom. The third-order valence-electron chi connectivity index (χ3n) is 5.61. The fraction of sp³-hybridized carbons (Fsp3) is 0.474. The van der Waals surface area contributed by atoms with Gasteiger partial charge >= 0.3 is 0 Å². The minimum atomic E-state index is -0.123. The van der Waals surface area contributed by atoms with Crippen molar-refractivity contribution in [3.05, 3.63) is 47.5 Å². The third kappa shape index (κ3) is 3.13. The van der Waals surface area contributed by atoms with Gasteiger partial charge in [-0.25, -0.2) is 4.39 Å². The molecular weight excluding hydrogens is 321 g/mol. The van der Waals surface area contributed by atoms with Crippen LogP contribution in [0.4, 0.5) is 4.39 Å². The molecular formula is C19H22FN3O2. The van der Waals surface area contributed by atoms with Crippen LogP contribution in [-0.4, -0.2) is 42.4 Å². The number of carbonyl (C=O) groups excluding carboxylic acids is 2. The van der Waals surface area contributed by atoms with Gasteiger partial charge in [0, 0.05) is 68.0 Å². The smallest absolute Gasteiger partial charge is 0.249 e. The molecule has 0 aromatic heterocycles. The number of halogens is 1. The molecule has 0 spiro atoms. The Labute approximate surface area is 146 Å². The zero-order valence-electron chi connectivity index (χ0n) is 14.2. The first kappa shape index (κ1) is 16.1. The van der Waals surface area contributed by atoms with Crippen LogP contribution in [0.15, 0.2) is 47.5 Å². The molecule has 2 N–H and O–H groups in total. The van der Waals surface area contributed by atoms with Crippen molar-refractivity contribution in [2.45, 2.75) is 19.4 Å². The number of hydrogen-bond donors (Lipinski definition) is 2. The van der Waals surface area contributed by atoms with Crippen LogP contribution in [0.5, 0.6) is 0 Å². The second kappa shape index (κ2) is 6.17. The van der Waals surface area contributed by atoms with Crippen LogP contribution in [0.2, 0.25) is 0 Å². The van der Waals surface area contributed by atoms with Crippen LogP contribution in [0, 0.1) is 17.8 Å².